The van der Waals surface area contributed by atoms with Crippen LogP contribution in [-0.2, 0) is 9.59 Å². The maximum Gasteiger partial charge on any atom is 0.471 e. The van der Waals surface area contributed by atoms with Gasteiger partial charge >= 0.3 is 12.1 Å². The molecule has 0 radical (unpaired) electrons. The Morgan fingerprint density at radius 2 is 1.91 bits per heavy atom. The summed E-state index contributed by atoms with van der Waals surface area (Å²) in [6, 6.07) is -1.16. The van der Waals surface area contributed by atoms with Gasteiger partial charge in [-0.3, -0.25) is 9.59 Å². The lowest BCUT2D eigenvalue weighted by atomic mass is 10.0. The Hall–Kier alpha value is -1.38. The van der Waals surface area contributed by atoms with Gasteiger partial charge in [0, 0.05) is 32.1 Å². The van der Waals surface area contributed by atoms with Crippen LogP contribution >= 0.6 is 0 Å². The largest absolute Gasteiger partial charge is 0.471 e. The third kappa shape index (κ3) is 2.90. The van der Waals surface area contributed by atoms with E-state index in [1.165, 1.54) is 4.90 Å². The number of nitrogens with zero attached hydrogens (tertiary/aromatic N) is 2. The molecule has 2 saturated heterocycles. The van der Waals surface area contributed by atoms with Crippen molar-refractivity contribution in [3.05, 3.63) is 0 Å². The van der Waals surface area contributed by atoms with E-state index in [1.54, 1.807) is 6.92 Å². The second-order valence-corrected chi connectivity index (χ2v) is 6.75. The first-order valence-electron chi connectivity index (χ1n) is 7.71. The van der Waals surface area contributed by atoms with Gasteiger partial charge in [0.05, 0.1) is 11.6 Å². The number of nitrogens with one attached hydrogen (secondary N) is 1. The first-order chi connectivity index (χ1) is 10.6. The van der Waals surface area contributed by atoms with Crippen molar-refractivity contribution in [3.63, 3.8) is 0 Å². The standard InChI is InChI=1S/C14H19F4N3O2/c1-8-6-21(12(23)14(16,17)18)13(2-3-13)7-20(8)11(22)10-4-9(15)5-19-10/h8-10,19H,2-7H2,1H3/t8-,9-,10-/m1/s1. The van der Waals surface area contributed by atoms with Crippen molar-refractivity contribution >= 4 is 11.8 Å². The summed E-state index contributed by atoms with van der Waals surface area (Å²) in [4.78, 5) is 26.5. The second kappa shape index (κ2) is 5.32. The van der Waals surface area contributed by atoms with E-state index in [0.29, 0.717) is 12.8 Å². The molecule has 2 aliphatic heterocycles. The van der Waals surface area contributed by atoms with E-state index in [2.05, 4.69) is 5.32 Å². The predicted octanol–water partition coefficient (Wildman–Crippen LogP) is 0.841. The molecular formula is C14H19F4N3O2. The van der Waals surface area contributed by atoms with Crippen LogP contribution in [0, 0.1) is 0 Å². The first kappa shape index (κ1) is 16.5. The fourth-order valence-corrected chi connectivity index (χ4v) is 3.51. The summed E-state index contributed by atoms with van der Waals surface area (Å²) >= 11 is 0. The van der Waals surface area contributed by atoms with Gasteiger partial charge in [-0.2, -0.15) is 13.2 Å². The van der Waals surface area contributed by atoms with Crippen LogP contribution in [0.25, 0.3) is 0 Å². The molecule has 0 bridgehead atoms. The Bertz CT molecular complexity index is 521. The van der Waals surface area contributed by atoms with Crippen molar-refractivity contribution in [1.82, 2.24) is 15.1 Å². The van der Waals surface area contributed by atoms with Crippen molar-refractivity contribution in [3.8, 4) is 0 Å². The van der Waals surface area contributed by atoms with E-state index in [1.807, 2.05) is 0 Å². The van der Waals surface area contributed by atoms with Crippen LogP contribution in [0.1, 0.15) is 26.2 Å². The second-order valence-electron chi connectivity index (χ2n) is 6.75. The van der Waals surface area contributed by atoms with Crippen molar-refractivity contribution in [2.24, 2.45) is 0 Å². The number of piperazine rings is 1. The molecule has 5 nitrogen and oxygen atoms in total. The minimum absolute atomic E-state index is 0.0836. The first-order valence-corrected chi connectivity index (χ1v) is 7.71. The molecule has 2 amide bonds. The summed E-state index contributed by atoms with van der Waals surface area (Å²) in [7, 11) is 0. The lowest BCUT2D eigenvalue weighted by Crippen LogP contribution is -2.65. The summed E-state index contributed by atoms with van der Waals surface area (Å²) in [6.45, 7) is 1.67. The van der Waals surface area contributed by atoms with Crippen LogP contribution in [-0.4, -0.2) is 71.2 Å². The summed E-state index contributed by atoms with van der Waals surface area (Å²) in [5, 5.41) is 2.80. The van der Waals surface area contributed by atoms with Crippen molar-refractivity contribution in [2.75, 3.05) is 19.6 Å². The van der Waals surface area contributed by atoms with Gasteiger partial charge in [-0.05, 0) is 19.8 Å². The molecule has 9 heteroatoms. The Morgan fingerprint density at radius 1 is 1.26 bits per heavy atom. The zero-order valence-electron chi connectivity index (χ0n) is 12.7. The zero-order valence-corrected chi connectivity index (χ0v) is 12.7. The summed E-state index contributed by atoms with van der Waals surface area (Å²) in [5.41, 5.74) is -0.900. The van der Waals surface area contributed by atoms with Crippen LogP contribution in [0.15, 0.2) is 0 Å². The smallest absolute Gasteiger partial charge is 0.335 e. The summed E-state index contributed by atoms with van der Waals surface area (Å²) < 4.78 is 51.5. The van der Waals surface area contributed by atoms with Gasteiger partial charge in [0.1, 0.15) is 6.17 Å². The quantitative estimate of drug-likeness (QED) is 0.722. The highest BCUT2D eigenvalue weighted by molar-refractivity contribution is 5.85. The highest BCUT2D eigenvalue weighted by Crippen LogP contribution is 2.47. The highest BCUT2D eigenvalue weighted by atomic mass is 19.4. The van der Waals surface area contributed by atoms with Gasteiger partial charge in [-0.25, -0.2) is 4.39 Å². The molecule has 3 aliphatic rings. The van der Waals surface area contributed by atoms with Gasteiger partial charge in [-0.1, -0.05) is 0 Å². The molecule has 3 fully saturated rings. The average Bonchev–Trinajstić information content (AvgIpc) is 3.10. The van der Waals surface area contributed by atoms with Gasteiger partial charge in [0.25, 0.3) is 0 Å². The van der Waals surface area contributed by atoms with Crippen LogP contribution in [0.5, 0.6) is 0 Å². The molecule has 0 aromatic rings. The lowest BCUT2D eigenvalue weighted by molar-refractivity contribution is -0.193. The number of carbonyl (C=O) groups excluding carboxylic acids is 2. The zero-order chi connectivity index (χ0) is 17.0. The monoisotopic (exact) mass is 337 g/mol. The van der Waals surface area contributed by atoms with Gasteiger partial charge in [0.2, 0.25) is 5.91 Å². The third-order valence-electron chi connectivity index (χ3n) is 4.99. The van der Waals surface area contributed by atoms with Crippen molar-refractivity contribution < 1.29 is 27.2 Å². The molecule has 130 valence electrons. The molecule has 1 N–H and O–H groups in total. The fraction of sp³-hybridized carbons (Fsp3) is 0.857. The van der Waals surface area contributed by atoms with E-state index >= 15 is 0 Å². The molecule has 0 aromatic carbocycles. The van der Waals surface area contributed by atoms with Crippen molar-refractivity contribution in [2.45, 2.75) is 56.2 Å². The van der Waals surface area contributed by atoms with Crippen LogP contribution < -0.4 is 5.32 Å². The van der Waals surface area contributed by atoms with E-state index in [0.717, 1.165) is 4.90 Å². The molecule has 1 saturated carbocycles. The topological polar surface area (TPSA) is 52.7 Å². The maximum atomic E-state index is 13.3. The number of amides is 2. The van der Waals surface area contributed by atoms with Crippen LogP contribution in [0.4, 0.5) is 17.6 Å². The molecule has 2 heterocycles. The summed E-state index contributed by atoms with van der Waals surface area (Å²) in [5.74, 6) is -2.13. The molecule has 3 rings (SSSR count). The maximum absolute atomic E-state index is 13.3. The Balaban J connectivity index is 1.73. The minimum atomic E-state index is -4.91. The van der Waals surface area contributed by atoms with Crippen LogP contribution in [0.3, 0.4) is 0 Å². The number of carbonyl (C=O) groups is 2. The van der Waals surface area contributed by atoms with E-state index in [4.69, 9.17) is 0 Å². The van der Waals surface area contributed by atoms with Gasteiger partial charge in [-0.15, -0.1) is 0 Å². The van der Waals surface area contributed by atoms with Crippen molar-refractivity contribution in [1.29, 1.82) is 0 Å². The molecular weight excluding hydrogens is 318 g/mol. The molecule has 3 atom stereocenters. The summed E-state index contributed by atoms with van der Waals surface area (Å²) in [6.07, 6.45) is -5.00. The Kier molecular flexibility index (Phi) is 3.81. The predicted molar refractivity (Wildman–Crippen MR) is 72.2 cm³/mol. The Morgan fingerprint density at radius 3 is 2.39 bits per heavy atom. The number of hydrogen-bond donors (Lipinski definition) is 1. The molecule has 0 aromatic heterocycles. The van der Waals surface area contributed by atoms with E-state index in [9.17, 15) is 27.2 Å². The molecule has 1 spiro atoms. The average molecular weight is 337 g/mol. The van der Waals surface area contributed by atoms with Gasteiger partial charge < -0.3 is 15.1 Å². The van der Waals surface area contributed by atoms with Crippen LogP contribution in [0.2, 0.25) is 0 Å². The SMILES string of the molecule is C[C@@H]1CN(C(=O)C(F)(F)F)C2(CC2)CN1C(=O)[C@H]1C[C@@H](F)CN1. The third-order valence-corrected chi connectivity index (χ3v) is 4.99. The molecule has 0 unspecified atom stereocenters. The Labute approximate surface area is 131 Å². The minimum Gasteiger partial charge on any atom is -0.335 e. The highest BCUT2D eigenvalue weighted by Gasteiger charge is 2.60. The number of hydrogen-bond acceptors (Lipinski definition) is 3. The number of halogens is 4. The normalized spacial score (nSPS) is 33.2. The van der Waals surface area contributed by atoms with E-state index < -0.39 is 35.9 Å². The van der Waals surface area contributed by atoms with Gasteiger partial charge in [0.15, 0.2) is 0 Å². The lowest BCUT2D eigenvalue weighted by Gasteiger charge is -2.46. The molecule has 1 aliphatic carbocycles. The number of alkyl halides is 4. The molecule has 23 heavy (non-hydrogen) atoms. The fourth-order valence-electron chi connectivity index (χ4n) is 3.51. The van der Waals surface area contributed by atoms with E-state index in [-0.39, 0.29) is 32.0 Å². The number of rotatable bonds is 1.